The zero-order valence-electron chi connectivity index (χ0n) is 12.7. The molecule has 0 spiro atoms. The summed E-state index contributed by atoms with van der Waals surface area (Å²) in [6.45, 7) is 2.38. The van der Waals surface area contributed by atoms with Crippen molar-refractivity contribution < 1.29 is 15.0 Å². The van der Waals surface area contributed by atoms with Crippen LogP contribution in [0.2, 0.25) is 0 Å². The fourth-order valence-electron chi connectivity index (χ4n) is 3.26. The summed E-state index contributed by atoms with van der Waals surface area (Å²) in [7, 11) is 0. The van der Waals surface area contributed by atoms with Crippen LogP contribution in [-0.4, -0.2) is 34.0 Å². The number of aryl methyl sites for hydroxylation is 1. The normalized spacial score (nSPS) is 22.6. The van der Waals surface area contributed by atoms with Gasteiger partial charge in [0, 0.05) is 30.3 Å². The third kappa shape index (κ3) is 1.97. The van der Waals surface area contributed by atoms with Gasteiger partial charge in [-0.15, -0.1) is 0 Å². The Labute approximate surface area is 133 Å². The maximum atomic E-state index is 12.8. The van der Waals surface area contributed by atoms with Crippen molar-refractivity contribution in [2.45, 2.75) is 18.9 Å². The zero-order valence-corrected chi connectivity index (χ0v) is 12.7. The quantitative estimate of drug-likeness (QED) is 0.849. The number of aliphatic imine (C=N–C) groups is 1. The van der Waals surface area contributed by atoms with Crippen LogP contribution >= 0.6 is 0 Å². The average Bonchev–Trinajstić information content (AvgIpc) is 2.87. The highest BCUT2D eigenvalue weighted by atomic mass is 16.3. The lowest BCUT2D eigenvalue weighted by Crippen LogP contribution is -2.48. The molecule has 0 aliphatic carbocycles. The van der Waals surface area contributed by atoms with Gasteiger partial charge in [0.25, 0.3) is 0 Å². The Bertz CT molecular complexity index is 859. The Hall–Kier alpha value is -2.66. The molecule has 0 saturated carbocycles. The number of aliphatic hydroxyl groups is 1. The second-order valence-corrected chi connectivity index (χ2v) is 6.07. The van der Waals surface area contributed by atoms with Crippen molar-refractivity contribution in [3.8, 4) is 5.75 Å². The van der Waals surface area contributed by atoms with Gasteiger partial charge in [-0.1, -0.05) is 17.7 Å². The molecule has 2 N–H and O–H groups in total. The van der Waals surface area contributed by atoms with E-state index in [1.807, 2.05) is 19.1 Å². The molecule has 4 rings (SSSR count). The molecule has 0 radical (unpaired) electrons. The minimum Gasteiger partial charge on any atom is -0.508 e. The van der Waals surface area contributed by atoms with Gasteiger partial charge < -0.3 is 15.1 Å². The summed E-state index contributed by atoms with van der Waals surface area (Å²) in [6, 6.07) is 12.2. The Kier molecular flexibility index (Phi) is 2.83. The van der Waals surface area contributed by atoms with Gasteiger partial charge in [0.05, 0.1) is 5.69 Å². The summed E-state index contributed by atoms with van der Waals surface area (Å²) in [5.41, 5.74) is 1.12. The lowest BCUT2D eigenvalue weighted by Gasteiger charge is -2.29. The average molecular weight is 308 g/mol. The van der Waals surface area contributed by atoms with Gasteiger partial charge in [-0.3, -0.25) is 4.79 Å². The first-order valence-electron chi connectivity index (χ1n) is 7.52. The molecule has 5 nitrogen and oxygen atoms in total. The summed E-state index contributed by atoms with van der Waals surface area (Å²) >= 11 is 0. The molecular weight excluding hydrogens is 292 g/mol. The van der Waals surface area contributed by atoms with E-state index in [9.17, 15) is 15.0 Å². The minimum absolute atomic E-state index is 0.136. The second kappa shape index (κ2) is 4.67. The number of fused-ring (bicyclic) bond motifs is 2. The highest BCUT2D eigenvalue weighted by Gasteiger charge is 2.52. The first-order chi connectivity index (χ1) is 11.0. The highest BCUT2D eigenvalue weighted by molar-refractivity contribution is 6.28. The van der Waals surface area contributed by atoms with Crippen LogP contribution in [0.5, 0.6) is 5.75 Å². The van der Waals surface area contributed by atoms with E-state index in [2.05, 4.69) is 4.99 Å². The number of Topliss-reactive ketones (excluding diaryl/α,β-unsaturated/α-hetero) is 1. The van der Waals surface area contributed by atoms with Gasteiger partial charge in [0.2, 0.25) is 5.78 Å². The van der Waals surface area contributed by atoms with E-state index in [0.29, 0.717) is 29.3 Å². The van der Waals surface area contributed by atoms with Crippen molar-refractivity contribution in [1.82, 2.24) is 0 Å². The minimum atomic E-state index is -1.59. The Morgan fingerprint density at radius 1 is 1.22 bits per heavy atom. The lowest BCUT2D eigenvalue weighted by molar-refractivity contribution is 0.0602. The third-order valence-electron chi connectivity index (χ3n) is 4.46. The monoisotopic (exact) mass is 308 g/mol. The smallest absolute Gasteiger partial charge is 0.204 e. The molecule has 1 fully saturated rings. The number of benzene rings is 2. The van der Waals surface area contributed by atoms with Crippen LogP contribution in [0.4, 0.5) is 11.4 Å². The van der Waals surface area contributed by atoms with E-state index < -0.39 is 5.60 Å². The molecule has 2 aliphatic heterocycles. The van der Waals surface area contributed by atoms with Crippen LogP contribution in [0, 0.1) is 6.92 Å². The summed E-state index contributed by atoms with van der Waals surface area (Å²) in [5.74, 6) is 0.171. The fraction of sp³-hybridized carbons (Fsp3) is 0.222. The molecule has 23 heavy (non-hydrogen) atoms. The Balaban J connectivity index is 1.87. The number of phenols is 1. The van der Waals surface area contributed by atoms with Crippen LogP contribution in [0.15, 0.2) is 47.5 Å². The number of anilines is 1. The van der Waals surface area contributed by atoms with Gasteiger partial charge in [-0.25, -0.2) is 4.99 Å². The first kappa shape index (κ1) is 14.0. The molecule has 1 atom stereocenters. The maximum absolute atomic E-state index is 12.8. The largest absolute Gasteiger partial charge is 0.508 e. The van der Waals surface area contributed by atoms with Crippen LogP contribution < -0.4 is 4.90 Å². The number of phenolic OH excluding ortho intramolecular Hbond substituents is 1. The van der Waals surface area contributed by atoms with Crippen LogP contribution in [-0.2, 0) is 0 Å². The molecule has 116 valence electrons. The number of rotatable bonds is 1. The first-order valence-corrected chi connectivity index (χ1v) is 7.52. The van der Waals surface area contributed by atoms with E-state index in [4.69, 9.17) is 0 Å². The van der Waals surface area contributed by atoms with Crippen molar-refractivity contribution in [2.75, 3.05) is 11.4 Å². The topological polar surface area (TPSA) is 73.1 Å². The number of hydrogen-bond acceptors (Lipinski definition) is 5. The molecule has 5 heteroatoms. The molecule has 1 saturated heterocycles. The molecule has 0 aromatic heterocycles. The van der Waals surface area contributed by atoms with Gasteiger partial charge in [0.15, 0.2) is 5.60 Å². The number of ketones is 1. The highest BCUT2D eigenvalue weighted by Crippen LogP contribution is 2.40. The number of nitrogens with zero attached hydrogens (tertiary/aromatic N) is 2. The predicted octanol–water partition coefficient (Wildman–Crippen LogP) is 2.57. The van der Waals surface area contributed by atoms with Crippen LogP contribution in [0.3, 0.4) is 0 Å². The van der Waals surface area contributed by atoms with Crippen molar-refractivity contribution in [1.29, 1.82) is 0 Å². The van der Waals surface area contributed by atoms with Gasteiger partial charge in [-0.2, -0.15) is 0 Å². The summed E-state index contributed by atoms with van der Waals surface area (Å²) in [4.78, 5) is 19.1. The summed E-state index contributed by atoms with van der Waals surface area (Å²) in [6.07, 6.45) is 0.285. The second-order valence-electron chi connectivity index (χ2n) is 6.07. The summed E-state index contributed by atoms with van der Waals surface area (Å²) < 4.78 is 0. The third-order valence-corrected chi connectivity index (χ3v) is 4.46. The molecule has 2 aromatic carbocycles. The molecule has 0 unspecified atom stereocenters. The number of carbonyl (C=O) groups is 1. The van der Waals surface area contributed by atoms with E-state index in [0.717, 1.165) is 5.56 Å². The molecule has 2 aromatic rings. The number of carbonyl (C=O) groups excluding carboxylic acids is 1. The van der Waals surface area contributed by atoms with E-state index in [1.165, 1.54) is 0 Å². The maximum Gasteiger partial charge on any atom is 0.204 e. The Morgan fingerprint density at radius 2 is 2.04 bits per heavy atom. The number of hydrogen-bond donors (Lipinski definition) is 2. The van der Waals surface area contributed by atoms with Crippen LogP contribution in [0.1, 0.15) is 22.3 Å². The van der Waals surface area contributed by atoms with Gasteiger partial charge in [-0.05, 0) is 31.2 Å². The zero-order chi connectivity index (χ0) is 16.2. The van der Waals surface area contributed by atoms with E-state index in [-0.39, 0.29) is 18.0 Å². The standard InChI is InChI=1S/C18H16N2O3/c1-11-5-6-15-14(9-11)16(22)18(23)7-8-20(17(18)19-15)12-3-2-4-13(21)10-12/h2-6,9-10,21,23H,7-8H2,1H3/t18-/m1/s1. The van der Waals surface area contributed by atoms with Gasteiger partial charge in [0.1, 0.15) is 11.6 Å². The van der Waals surface area contributed by atoms with Crippen LogP contribution in [0.25, 0.3) is 0 Å². The molecule has 2 aliphatic rings. The van der Waals surface area contributed by atoms with E-state index in [1.54, 1.807) is 35.2 Å². The molecular formula is C18H16N2O3. The van der Waals surface area contributed by atoms with Gasteiger partial charge >= 0.3 is 0 Å². The summed E-state index contributed by atoms with van der Waals surface area (Å²) in [5, 5.41) is 20.6. The van der Waals surface area contributed by atoms with Crippen molar-refractivity contribution >= 4 is 23.0 Å². The predicted molar refractivity (Wildman–Crippen MR) is 87.6 cm³/mol. The molecule has 0 bridgehead atoms. The molecule has 2 heterocycles. The lowest BCUT2D eigenvalue weighted by atomic mass is 9.87. The van der Waals surface area contributed by atoms with Crippen molar-refractivity contribution in [3.05, 3.63) is 53.6 Å². The Morgan fingerprint density at radius 3 is 2.83 bits per heavy atom. The van der Waals surface area contributed by atoms with Crippen molar-refractivity contribution in [3.63, 3.8) is 0 Å². The number of amidine groups is 1. The number of aromatic hydroxyl groups is 1. The van der Waals surface area contributed by atoms with Crippen molar-refractivity contribution in [2.24, 2.45) is 4.99 Å². The fourth-order valence-corrected chi connectivity index (χ4v) is 3.26. The van der Waals surface area contributed by atoms with E-state index >= 15 is 0 Å². The SMILES string of the molecule is Cc1ccc2c(c1)C(=O)[C@]1(O)CCN(c3cccc(O)c3)C1=N2. The molecule has 0 amide bonds.